The number of benzene rings is 3. The molecule has 1 amide bonds. The molecule has 1 heterocycles. The van der Waals surface area contributed by atoms with Crippen LogP contribution in [0.4, 0.5) is 0 Å². The van der Waals surface area contributed by atoms with Crippen LogP contribution in [-0.2, 0) is 11.3 Å². The molecule has 0 aliphatic heterocycles. The summed E-state index contributed by atoms with van der Waals surface area (Å²) in [4.78, 5) is 17.0. The summed E-state index contributed by atoms with van der Waals surface area (Å²) in [7, 11) is 0. The third kappa shape index (κ3) is 5.34. The fourth-order valence-electron chi connectivity index (χ4n) is 3.16. The van der Waals surface area contributed by atoms with E-state index in [1.54, 1.807) is 6.21 Å². The Morgan fingerprint density at radius 1 is 1.10 bits per heavy atom. The van der Waals surface area contributed by atoms with Gasteiger partial charge in [-0.2, -0.15) is 5.10 Å². The molecule has 0 saturated carbocycles. The third-order valence-corrected chi connectivity index (χ3v) is 6.02. The molecule has 31 heavy (non-hydrogen) atoms. The van der Waals surface area contributed by atoms with Gasteiger partial charge in [0.05, 0.1) is 29.5 Å². The van der Waals surface area contributed by atoms with Gasteiger partial charge in [-0.1, -0.05) is 71.9 Å². The lowest BCUT2D eigenvalue weighted by molar-refractivity contribution is -0.118. The molecule has 0 saturated heterocycles. The Bertz CT molecular complexity index is 1230. The standard InChI is InChI=1S/C24H21ClN4OS/c1-17-6-2-3-7-19(17)14-26-28-23(30)16-31-24-27-21-8-4-5-9-22(21)29(24)15-18-10-12-20(25)13-11-18/h2-14H,15-16H2,1H3,(H,28,30). The van der Waals surface area contributed by atoms with Crippen LogP contribution >= 0.6 is 23.4 Å². The fourth-order valence-corrected chi connectivity index (χ4v) is 4.09. The zero-order chi connectivity index (χ0) is 21.6. The van der Waals surface area contributed by atoms with Crippen LogP contribution in [0.3, 0.4) is 0 Å². The second-order valence-electron chi connectivity index (χ2n) is 7.03. The molecule has 4 rings (SSSR count). The maximum absolute atomic E-state index is 12.3. The average molecular weight is 449 g/mol. The molecule has 0 atom stereocenters. The molecule has 1 aromatic heterocycles. The summed E-state index contributed by atoms with van der Waals surface area (Å²) in [6.45, 7) is 2.65. The van der Waals surface area contributed by atoms with Crippen molar-refractivity contribution in [1.82, 2.24) is 15.0 Å². The number of halogens is 1. The Hall–Kier alpha value is -3.09. The highest BCUT2D eigenvalue weighted by atomic mass is 35.5. The third-order valence-electron chi connectivity index (χ3n) is 4.79. The Balaban J connectivity index is 1.46. The van der Waals surface area contributed by atoms with E-state index in [-0.39, 0.29) is 11.7 Å². The number of aromatic nitrogens is 2. The molecular formula is C24H21ClN4OS. The molecular weight excluding hydrogens is 428 g/mol. The van der Waals surface area contributed by atoms with Gasteiger partial charge in [-0.15, -0.1) is 0 Å². The highest BCUT2D eigenvalue weighted by Crippen LogP contribution is 2.25. The first-order valence-corrected chi connectivity index (χ1v) is 11.2. The van der Waals surface area contributed by atoms with Crippen molar-refractivity contribution in [2.24, 2.45) is 5.10 Å². The number of hydrazone groups is 1. The number of thioether (sulfide) groups is 1. The maximum Gasteiger partial charge on any atom is 0.250 e. The highest BCUT2D eigenvalue weighted by Gasteiger charge is 2.13. The van der Waals surface area contributed by atoms with E-state index in [1.165, 1.54) is 11.8 Å². The second kappa shape index (κ2) is 9.81. The van der Waals surface area contributed by atoms with Crippen LogP contribution in [0.5, 0.6) is 0 Å². The van der Waals surface area contributed by atoms with Crippen molar-refractivity contribution >= 4 is 46.5 Å². The number of aryl methyl sites for hydroxylation is 1. The van der Waals surface area contributed by atoms with Gasteiger partial charge in [0.2, 0.25) is 0 Å². The predicted octanol–water partition coefficient (Wildman–Crippen LogP) is 5.29. The minimum Gasteiger partial charge on any atom is -0.314 e. The van der Waals surface area contributed by atoms with Crippen molar-refractivity contribution in [3.8, 4) is 0 Å². The SMILES string of the molecule is Cc1ccccc1C=NNC(=O)CSc1nc2ccccc2n1Cc1ccc(Cl)cc1. The summed E-state index contributed by atoms with van der Waals surface area (Å²) in [5.74, 6) is 0.0367. The van der Waals surface area contributed by atoms with Gasteiger partial charge in [-0.25, -0.2) is 10.4 Å². The number of carbonyl (C=O) groups is 1. The quantitative estimate of drug-likeness (QED) is 0.237. The number of para-hydroxylation sites is 2. The topological polar surface area (TPSA) is 59.3 Å². The first-order valence-electron chi connectivity index (χ1n) is 9.80. The Morgan fingerprint density at radius 2 is 1.84 bits per heavy atom. The summed E-state index contributed by atoms with van der Waals surface area (Å²) in [5, 5.41) is 5.57. The molecule has 0 bridgehead atoms. The number of fused-ring (bicyclic) bond motifs is 1. The summed E-state index contributed by atoms with van der Waals surface area (Å²) in [6, 6.07) is 23.6. The van der Waals surface area contributed by atoms with Crippen LogP contribution < -0.4 is 5.43 Å². The molecule has 0 fully saturated rings. The fraction of sp³-hybridized carbons (Fsp3) is 0.125. The van der Waals surface area contributed by atoms with Crippen LogP contribution in [0.2, 0.25) is 5.02 Å². The van der Waals surface area contributed by atoms with Crippen LogP contribution in [0.15, 0.2) is 83.1 Å². The van der Waals surface area contributed by atoms with Crippen LogP contribution in [0.25, 0.3) is 11.0 Å². The number of hydrogen-bond acceptors (Lipinski definition) is 4. The molecule has 3 aromatic carbocycles. The smallest absolute Gasteiger partial charge is 0.250 e. The molecule has 0 unspecified atom stereocenters. The van der Waals surface area contributed by atoms with E-state index in [0.29, 0.717) is 11.6 Å². The molecule has 5 nitrogen and oxygen atoms in total. The molecule has 4 aromatic rings. The van der Waals surface area contributed by atoms with Crippen LogP contribution in [-0.4, -0.2) is 27.4 Å². The Kier molecular flexibility index (Phi) is 6.70. The number of nitrogens with one attached hydrogen (secondary N) is 1. The van der Waals surface area contributed by atoms with E-state index in [4.69, 9.17) is 16.6 Å². The van der Waals surface area contributed by atoms with Crippen molar-refractivity contribution in [1.29, 1.82) is 0 Å². The van der Waals surface area contributed by atoms with Crippen LogP contribution in [0, 0.1) is 6.92 Å². The maximum atomic E-state index is 12.3. The molecule has 1 N–H and O–H groups in total. The van der Waals surface area contributed by atoms with E-state index in [9.17, 15) is 4.79 Å². The van der Waals surface area contributed by atoms with Crippen LogP contribution in [0.1, 0.15) is 16.7 Å². The normalized spacial score (nSPS) is 11.3. The second-order valence-corrected chi connectivity index (χ2v) is 8.41. The van der Waals surface area contributed by atoms with Gasteiger partial charge in [-0.3, -0.25) is 4.79 Å². The lowest BCUT2D eigenvalue weighted by Crippen LogP contribution is -2.20. The van der Waals surface area contributed by atoms with Gasteiger partial charge in [0, 0.05) is 5.02 Å². The van der Waals surface area contributed by atoms with Gasteiger partial charge in [0.15, 0.2) is 5.16 Å². The largest absolute Gasteiger partial charge is 0.314 e. The van der Waals surface area contributed by atoms with Gasteiger partial charge in [0.1, 0.15) is 0 Å². The highest BCUT2D eigenvalue weighted by molar-refractivity contribution is 7.99. The zero-order valence-electron chi connectivity index (χ0n) is 17.0. The van der Waals surface area contributed by atoms with Crippen molar-refractivity contribution in [2.45, 2.75) is 18.6 Å². The van der Waals surface area contributed by atoms with Crippen molar-refractivity contribution in [3.05, 3.63) is 94.5 Å². The minimum atomic E-state index is -0.181. The molecule has 0 aliphatic carbocycles. The Morgan fingerprint density at radius 3 is 2.65 bits per heavy atom. The van der Waals surface area contributed by atoms with Gasteiger partial charge < -0.3 is 4.57 Å². The number of rotatable bonds is 7. The van der Waals surface area contributed by atoms with E-state index >= 15 is 0 Å². The first-order chi connectivity index (χ1) is 15.1. The molecule has 0 spiro atoms. The number of carbonyl (C=O) groups excluding carboxylic acids is 1. The summed E-state index contributed by atoms with van der Waals surface area (Å²) < 4.78 is 2.12. The van der Waals surface area contributed by atoms with E-state index in [0.717, 1.165) is 32.9 Å². The van der Waals surface area contributed by atoms with Gasteiger partial charge in [-0.05, 0) is 47.9 Å². The Labute approximate surface area is 190 Å². The van der Waals surface area contributed by atoms with E-state index in [1.807, 2.05) is 79.7 Å². The van der Waals surface area contributed by atoms with Gasteiger partial charge in [0.25, 0.3) is 5.91 Å². The number of nitrogens with zero attached hydrogens (tertiary/aromatic N) is 3. The molecule has 7 heteroatoms. The summed E-state index contributed by atoms with van der Waals surface area (Å²) in [6.07, 6.45) is 1.66. The summed E-state index contributed by atoms with van der Waals surface area (Å²) in [5.41, 5.74) is 7.71. The van der Waals surface area contributed by atoms with Crippen molar-refractivity contribution < 1.29 is 4.79 Å². The number of hydrogen-bond donors (Lipinski definition) is 1. The summed E-state index contributed by atoms with van der Waals surface area (Å²) >= 11 is 7.41. The molecule has 0 aliphatic rings. The lowest BCUT2D eigenvalue weighted by Gasteiger charge is -2.09. The van der Waals surface area contributed by atoms with E-state index in [2.05, 4.69) is 15.1 Å². The monoisotopic (exact) mass is 448 g/mol. The minimum absolute atomic E-state index is 0.181. The number of imidazole rings is 1. The number of amides is 1. The molecule has 0 radical (unpaired) electrons. The van der Waals surface area contributed by atoms with Crippen molar-refractivity contribution in [3.63, 3.8) is 0 Å². The predicted molar refractivity (Wildman–Crippen MR) is 128 cm³/mol. The molecule has 156 valence electrons. The van der Waals surface area contributed by atoms with E-state index < -0.39 is 0 Å². The lowest BCUT2D eigenvalue weighted by atomic mass is 10.1. The van der Waals surface area contributed by atoms with Gasteiger partial charge >= 0.3 is 0 Å². The van der Waals surface area contributed by atoms with Crippen molar-refractivity contribution in [2.75, 3.05) is 5.75 Å². The average Bonchev–Trinajstić information content (AvgIpc) is 3.12. The first kappa shape index (κ1) is 21.2. The zero-order valence-corrected chi connectivity index (χ0v) is 18.5.